The lowest BCUT2D eigenvalue weighted by molar-refractivity contribution is -0.121. The lowest BCUT2D eigenvalue weighted by Gasteiger charge is -2.06. The standard InChI is InChI=1S/C17H15FN2O/c18-16-4-2-1-3-15(16)12-20-17(21)10-9-13-5-7-14(11-19)8-6-13/h1-8H,9-10,12H2,(H,20,21). The van der Waals surface area contributed by atoms with E-state index in [2.05, 4.69) is 5.32 Å². The average Bonchev–Trinajstić information content (AvgIpc) is 2.52. The third-order valence-corrected chi connectivity index (χ3v) is 3.16. The number of carbonyl (C=O) groups is 1. The summed E-state index contributed by atoms with van der Waals surface area (Å²) in [6.45, 7) is 0.193. The van der Waals surface area contributed by atoms with E-state index in [-0.39, 0.29) is 18.3 Å². The van der Waals surface area contributed by atoms with Crippen LogP contribution in [0.5, 0.6) is 0 Å². The molecule has 0 spiro atoms. The molecule has 0 heterocycles. The highest BCUT2D eigenvalue weighted by Crippen LogP contribution is 2.07. The first kappa shape index (κ1) is 14.7. The zero-order valence-electron chi connectivity index (χ0n) is 11.5. The summed E-state index contributed by atoms with van der Waals surface area (Å²) in [7, 11) is 0. The number of hydrogen-bond acceptors (Lipinski definition) is 2. The Balaban J connectivity index is 1.79. The first-order valence-corrected chi connectivity index (χ1v) is 6.68. The van der Waals surface area contributed by atoms with E-state index in [1.165, 1.54) is 6.07 Å². The Hall–Kier alpha value is -2.67. The van der Waals surface area contributed by atoms with Crippen LogP contribution in [0.1, 0.15) is 23.1 Å². The fourth-order valence-electron chi connectivity index (χ4n) is 1.93. The highest BCUT2D eigenvalue weighted by Gasteiger charge is 2.05. The molecule has 2 aromatic rings. The fourth-order valence-corrected chi connectivity index (χ4v) is 1.93. The molecule has 106 valence electrons. The second-order valence-electron chi connectivity index (χ2n) is 4.68. The zero-order valence-corrected chi connectivity index (χ0v) is 11.5. The van der Waals surface area contributed by atoms with Crippen molar-refractivity contribution in [1.29, 1.82) is 5.26 Å². The minimum atomic E-state index is -0.315. The Morgan fingerprint density at radius 1 is 1.14 bits per heavy atom. The number of carbonyl (C=O) groups excluding carboxylic acids is 1. The van der Waals surface area contributed by atoms with E-state index in [9.17, 15) is 9.18 Å². The Kier molecular flexibility index (Phi) is 5.05. The van der Waals surface area contributed by atoms with Crippen LogP contribution in [0, 0.1) is 17.1 Å². The van der Waals surface area contributed by atoms with Gasteiger partial charge in [-0.15, -0.1) is 0 Å². The summed E-state index contributed by atoms with van der Waals surface area (Å²) in [5.41, 5.74) is 2.07. The maximum Gasteiger partial charge on any atom is 0.220 e. The summed E-state index contributed by atoms with van der Waals surface area (Å²) in [4.78, 5) is 11.7. The Bertz CT molecular complexity index is 659. The maximum absolute atomic E-state index is 13.4. The minimum Gasteiger partial charge on any atom is -0.352 e. The second-order valence-corrected chi connectivity index (χ2v) is 4.68. The summed E-state index contributed by atoms with van der Waals surface area (Å²) < 4.78 is 13.4. The number of amides is 1. The van der Waals surface area contributed by atoms with E-state index in [0.29, 0.717) is 24.0 Å². The molecule has 0 aliphatic carbocycles. The Morgan fingerprint density at radius 2 is 1.86 bits per heavy atom. The van der Waals surface area contributed by atoms with Gasteiger partial charge < -0.3 is 5.32 Å². The Morgan fingerprint density at radius 3 is 2.52 bits per heavy atom. The first-order chi connectivity index (χ1) is 10.2. The molecule has 0 radical (unpaired) electrons. The molecule has 0 aliphatic heterocycles. The number of hydrogen-bond donors (Lipinski definition) is 1. The van der Waals surface area contributed by atoms with Gasteiger partial charge in [0.2, 0.25) is 5.91 Å². The van der Waals surface area contributed by atoms with Crippen LogP contribution in [0.4, 0.5) is 4.39 Å². The molecule has 0 aromatic heterocycles. The third kappa shape index (κ3) is 4.43. The van der Waals surface area contributed by atoms with Gasteiger partial charge in [0.05, 0.1) is 11.6 Å². The zero-order chi connectivity index (χ0) is 15.1. The molecule has 0 saturated heterocycles. The van der Waals surface area contributed by atoms with Gasteiger partial charge in [-0.3, -0.25) is 4.79 Å². The van der Waals surface area contributed by atoms with Gasteiger partial charge >= 0.3 is 0 Å². The van der Waals surface area contributed by atoms with Crippen molar-refractivity contribution >= 4 is 5.91 Å². The Labute approximate surface area is 123 Å². The second kappa shape index (κ2) is 7.20. The maximum atomic E-state index is 13.4. The van der Waals surface area contributed by atoms with Gasteiger partial charge in [0.25, 0.3) is 0 Å². The molecule has 2 rings (SSSR count). The molecule has 0 atom stereocenters. The van der Waals surface area contributed by atoms with E-state index >= 15 is 0 Å². The first-order valence-electron chi connectivity index (χ1n) is 6.68. The van der Waals surface area contributed by atoms with E-state index in [1.807, 2.05) is 18.2 Å². The van der Waals surface area contributed by atoms with Crippen molar-refractivity contribution in [2.75, 3.05) is 0 Å². The highest BCUT2D eigenvalue weighted by atomic mass is 19.1. The number of rotatable bonds is 5. The number of nitrogens with one attached hydrogen (secondary N) is 1. The van der Waals surface area contributed by atoms with Crippen molar-refractivity contribution in [3.8, 4) is 6.07 Å². The average molecular weight is 282 g/mol. The van der Waals surface area contributed by atoms with E-state index < -0.39 is 0 Å². The predicted molar refractivity (Wildman–Crippen MR) is 77.7 cm³/mol. The van der Waals surface area contributed by atoms with Crippen molar-refractivity contribution in [2.24, 2.45) is 0 Å². The molecule has 0 aliphatic rings. The van der Waals surface area contributed by atoms with Gasteiger partial charge in [-0.1, -0.05) is 30.3 Å². The molecule has 0 saturated carbocycles. The lowest BCUT2D eigenvalue weighted by atomic mass is 10.1. The van der Waals surface area contributed by atoms with Gasteiger partial charge in [-0.25, -0.2) is 4.39 Å². The van der Waals surface area contributed by atoms with Crippen molar-refractivity contribution in [3.05, 3.63) is 71.0 Å². The number of nitriles is 1. The van der Waals surface area contributed by atoms with Crippen LogP contribution in [-0.4, -0.2) is 5.91 Å². The van der Waals surface area contributed by atoms with Crippen LogP contribution in [0.15, 0.2) is 48.5 Å². The summed E-state index contributed by atoms with van der Waals surface area (Å²) >= 11 is 0. The fraction of sp³-hybridized carbons (Fsp3) is 0.176. The molecular weight excluding hydrogens is 267 g/mol. The monoisotopic (exact) mass is 282 g/mol. The SMILES string of the molecule is N#Cc1ccc(CCC(=O)NCc2ccccc2F)cc1. The van der Waals surface area contributed by atoms with Crippen LogP contribution in [0.25, 0.3) is 0 Å². The molecule has 0 unspecified atom stereocenters. The smallest absolute Gasteiger partial charge is 0.220 e. The van der Waals surface area contributed by atoms with Gasteiger partial charge in [0, 0.05) is 18.5 Å². The molecular formula is C17H15FN2O. The molecule has 3 nitrogen and oxygen atoms in total. The summed E-state index contributed by atoms with van der Waals surface area (Å²) in [5, 5.41) is 11.4. The third-order valence-electron chi connectivity index (χ3n) is 3.16. The lowest BCUT2D eigenvalue weighted by Crippen LogP contribution is -2.23. The van der Waals surface area contributed by atoms with E-state index in [1.54, 1.807) is 30.3 Å². The van der Waals surface area contributed by atoms with Crippen LogP contribution in [-0.2, 0) is 17.8 Å². The molecule has 1 N–H and O–H groups in total. The molecule has 0 fully saturated rings. The van der Waals surface area contributed by atoms with Crippen molar-refractivity contribution in [2.45, 2.75) is 19.4 Å². The number of halogens is 1. The van der Waals surface area contributed by atoms with Gasteiger partial charge in [-0.2, -0.15) is 5.26 Å². The molecule has 4 heteroatoms. The summed E-state index contributed by atoms with van der Waals surface area (Å²) in [6.07, 6.45) is 0.926. The van der Waals surface area contributed by atoms with E-state index in [0.717, 1.165) is 5.56 Å². The summed E-state index contributed by atoms with van der Waals surface area (Å²) in [5.74, 6) is -0.437. The number of nitrogens with zero attached hydrogens (tertiary/aromatic N) is 1. The van der Waals surface area contributed by atoms with Crippen LogP contribution < -0.4 is 5.32 Å². The van der Waals surface area contributed by atoms with Gasteiger partial charge in [-0.05, 0) is 30.2 Å². The molecule has 2 aromatic carbocycles. The minimum absolute atomic E-state index is 0.123. The molecule has 21 heavy (non-hydrogen) atoms. The topological polar surface area (TPSA) is 52.9 Å². The molecule has 1 amide bonds. The van der Waals surface area contributed by atoms with Crippen LogP contribution in [0.2, 0.25) is 0 Å². The largest absolute Gasteiger partial charge is 0.352 e. The van der Waals surface area contributed by atoms with Gasteiger partial charge in [0.1, 0.15) is 5.82 Å². The summed E-state index contributed by atoms with van der Waals surface area (Å²) in [6, 6.07) is 15.6. The van der Waals surface area contributed by atoms with E-state index in [4.69, 9.17) is 5.26 Å². The normalized spacial score (nSPS) is 9.90. The van der Waals surface area contributed by atoms with Crippen molar-refractivity contribution in [1.82, 2.24) is 5.32 Å². The predicted octanol–water partition coefficient (Wildman–Crippen LogP) is 2.95. The van der Waals surface area contributed by atoms with Crippen molar-refractivity contribution < 1.29 is 9.18 Å². The van der Waals surface area contributed by atoms with Crippen molar-refractivity contribution in [3.63, 3.8) is 0 Å². The highest BCUT2D eigenvalue weighted by molar-refractivity contribution is 5.76. The number of benzene rings is 2. The van der Waals surface area contributed by atoms with Crippen LogP contribution >= 0.6 is 0 Å². The van der Waals surface area contributed by atoms with Gasteiger partial charge in [0.15, 0.2) is 0 Å². The number of aryl methyl sites for hydroxylation is 1. The van der Waals surface area contributed by atoms with Crippen LogP contribution in [0.3, 0.4) is 0 Å². The molecule has 0 bridgehead atoms. The quantitative estimate of drug-likeness (QED) is 0.916.